The van der Waals surface area contributed by atoms with Crippen molar-refractivity contribution in [1.29, 1.82) is 0 Å². The highest BCUT2D eigenvalue weighted by Gasteiger charge is 2.33. The van der Waals surface area contributed by atoms with E-state index in [1.54, 1.807) is 13.8 Å². The molecule has 0 bridgehead atoms. The molecule has 0 aliphatic rings. The van der Waals surface area contributed by atoms with Gasteiger partial charge in [0.05, 0.1) is 0 Å². The summed E-state index contributed by atoms with van der Waals surface area (Å²) >= 11 is 0. The van der Waals surface area contributed by atoms with Crippen molar-refractivity contribution in [3.63, 3.8) is 0 Å². The quantitative estimate of drug-likeness (QED) is 0.615. The summed E-state index contributed by atoms with van der Waals surface area (Å²) in [5.74, 6) is -0.936. The van der Waals surface area contributed by atoms with Gasteiger partial charge in [-0.2, -0.15) is 0 Å². The summed E-state index contributed by atoms with van der Waals surface area (Å²) in [6.45, 7) is 6.63. The number of hydrogen-bond donors (Lipinski definition) is 1. The van der Waals surface area contributed by atoms with E-state index in [1.807, 2.05) is 6.92 Å². The first-order chi connectivity index (χ1) is 6.06. The molecule has 0 aromatic rings. The standard InChI is InChI=1S/C9H18O4/c1-4-12-7-6-9(3,8(10)11)13-5-2/h4-7H2,1-3H3,(H,10,11). The molecule has 0 amide bonds. The van der Waals surface area contributed by atoms with E-state index in [2.05, 4.69) is 0 Å². The lowest BCUT2D eigenvalue weighted by atomic mass is 10.0. The maximum atomic E-state index is 10.8. The van der Waals surface area contributed by atoms with E-state index in [0.717, 1.165) is 0 Å². The fourth-order valence-electron chi connectivity index (χ4n) is 0.971. The number of rotatable bonds is 7. The first kappa shape index (κ1) is 12.4. The van der Waals surface area contributed by atoms with Gasteiger partial charge in [0.25, 0.3) is 0 Å². The molecule has 1 N–H and O–H groups in total. The number of ether oxygens (including phenoxy) is 2. The molecule has 0 heterocycles. The second kappa shape index (κ2) is 5.94. The first-order valence-electron chi connectivity index (χ1n) is 4.52. The lowest BCUT2D eigenvalue weighted by molar-refractivity contribution is -0.165. The van der Waals surface area contributed by atoms with Gasteiger partial charge in [-0.15, -0.1) is 0 Å². The number of hydrogen-bond acceptors (Lipinski definition) is 3. The molecular weight excluding hydrogens is 172 g/mol. The molecule has 0 aliphatic heterocycles. The molecule has 4 heteroatoms. The minimum Gasteiger partial charge on any atom is -0.479 e. The maximum absolute atomic E-state index is 10.8. The third kappa shape index (κ3) is 4.24. The molecule has 0 saturated carbocycles. The Morgan fingerprint density at radius 2 is 2.00 bits per heavy atom. The van der Waals surface area contributed by atoms with Crippen molar-refractivity contribution in [2.45, 2.75) is 32.8 Å². The van der Waals surface area contributed by atoms with E-state index in [0.29, 0.717) is 26.2 Å². The fraction of sp³-hybridized carbons (Fsp3) is 0.889. The fourth-order valence-corrected chi connectivity index (χ4v) is 0.971. The molecule has 4 nitrogen and oxygen atoms in total. The second-order valence-corrected chi connectivity index (χ2v) is 2.92. The molecule has 0 aromatic carbocycles. The maximum Gasteiger partial charge on any atom is 0.335 e. The molecule has 0 radical (unpaired) electrons. The minimum absolute atomic E-state index is 0.379. The normalized spacial score (nSPS) is 15.3. The predicted molar refractivity (Wildman–Crippen MR) is 48.8 cm³/mol. The van der Waals surface area contributed by atoms with E-state index in [9.17, 15) is 4.79 Å². The van der Waals surface area contributed by atoms with Crippen molar-refractivity contribution in [2.24, 2.45) is 0 Å². The van der Waals surface area contributed by atoms with Gasteiger partial charge in [-0.05, 0) is 20.8 Å². The first-order valence-corrected chi connectivity index (χ1v) is 4.52. The van der Waals surface area contributed by atoms with Crippen LogP contribution in [0.5, 0.6) is 0 Å². The number of carboxylic acid groups (broad SMARTS) is 1. The summed E-state index contributed by atoms with van der Waals surface area (Å²) in [6.07, 6.45) is 0.379. The van der Waals surface area contributed by atoms with Gasteiger partial charge < -0.3 is 14.6 Å². The zero-order valence-electron chi connectivity index (χ0n) is 8.50. The highest BCUT2D eigenvalue weighted by molar-refractivity contribution is 5.76. The van der Waals surface area contributed by atoms with Crippen LogP contribution in [-0.4, -0.2) is 36.5 Å². The van der Waals surface area contributed by atoms with Crippen molar-refractivity contribution in [1.82, 2.24) is 0 Å². The Bertz CT molecular complexity index is 158. The number of carboxylic acids is 1. The van der Waals surface area contributed by atoms with Crippen molar-refractivity contribution in [3.05, 3.63) is 0 Å². The largest absolute Gasteiger partial charge is 0.479 e. The van der Waals surface area contributed by atoms with E-state index in [1.165, 1.54) is 0 Å². The predicted octanol–water partition coefficient (Wildman–Crippen LogP) is 1.29. The zero-order chi connectivity index (χ0) is 10.3. The Labute approximate surface area is 78.8 Å². The van der Waals surface area contributed by atoms with E-state index >= 15 is 0 Å². The second-order valence-electron chi connectivity index (χ2n) is 2.92. The van der Waals surface area contributed by atoms with Crippen LogP contribution in [0.4, 0.5) is 0 Å². The highest BCUT2D eigenvalue weighted by Crippen LogP contribution is 2.15. The Hall–Kier alpha value is -0.610. The SMILES string of the molecule is CCOCCC(C)(OCC)C(=O)O. The van der Waals surface area contributed by atoms with Crippen LogP contribution in [-0.2, 0) is 14.3 Å². The molecule has 0 aromatic heterocycles. The average Bonchev–Trinajstić information content (AvgIpc) is 2.05. The summed E-state index contributed by atoms with van der Waals surface area (Å²) in [4.78, 5) is 10.8. The van der Waals surface area contributed by atoms with Gasteiger partial charge in [0.1, 0.15) is 0 Å². The highest BCUT2D eigenvalue weighted by atomic mass is 16.5. The molecule has 0 aliphatic carbocycles. The summed E-state index contributed by atoms with van der Waals surface area (Å²) in [7, 11) is 0. The van der Waals surface area contributed by atoms with E-state index < -0.39 is 11.6 Å². The third-order valence-corrected chi connectivity index (χ3v) is 1.84. The summed E-state index contributed by atoms with van der Waals surface area (Å²) in [5, 5.41) is 8.88. The van der Waals surface area contributed by atoms with Gasteiger partial charge in [0.2, 0.25) is 0 Å². The van der Waals surface area contributed by atoms with Crippen LogP contribution in [0.2, 0.25) is 0 Å². The lowest BCUT2D eigenvalue weighted by Crippen LogP contribution is -2.39. The summed E-state index contributed by atoms with van der Waals surface area (Å²) in [6, 6.07) is 0. The molecule has 0 saturated heterocycles. The molecule has 0 rings (SSSR count). The minimum atomic E-state index is -1.11. The smallest absolute Gasteiger partial charge is 0.335 e. The topological polar surface area (TPSA) is 55.8 Å². The Morgan fingerprint density at radius 3 is 2.38 bits per heavy atom. The Balaban J connectivity index is 4.00. The van der Waals surface area contributed by atoms with E-state index in [-0.39, 0.29) is 0 Å². The molecule has 1 atom stereocenters. The molecular formula is C9H18O4. The lowest BCUT2D eigenvalue weighted by Gasteiger charge is -2.24. The van der Waals surface area contributed by atoms with Gasteiger partial charge in [-0.1, -0.05) is 0 Å². The van der Waals surface area contributed by atoms with Gasteiger partial charge in [0, 0.05) is 26.2 Å². The van der Waals surface area contributed by atoms with Crippen molar-refractivity contribution in [2.75, 3.05) is 19.8 Å². The molecule has 78 valence electrons. The van der Waals surface area contributed by atoms with Crippen LogP contribution in [0, 0.1) is 0 Å². The third-order valence-electron chi connectivity index (χ3n) is 1.84. The van der Waals surface area contributed by atoms with Crippen molar-refractivity contribution >= 4 is 5.97 Å². The number of aliphatic carboxylic acids is 1. The van der Waals surface area contributed by atoms with Crippen LogP contribution in [0.25, 0.3) is 0 Å². The van der Waals surface area contributed by atoms with Crippen LogP contribution in [0.3, 0.4) is 0 Å². The molecule has 13 heavy (non-hydrogen) atoms. The molecule has 1 unspecified atom stereocenters. The summed E-state index contributed by atoms with van der Waals surface area (Å²) in [5.41, 5.74) is -1.11. The van der Waals surface area contributed by atoms with Gasteiger partial charge >= 0.3 is 5.97 Å². The van der Waals surface area contributed by atoms with Crippen LogP contribution in [0.15, 0.2) is 0 Å². The Kier molecular flexibility index (Phi) is 5.66. The molecule has 0 spiro atoms. The van der Waals surface area contributed by atoms with Gasteiger partial charge in [-0.25, -0.2) is 4.79 Å². The van der Waals surface area contributed by atoms with Gasteiger partial charge in [0.15, 0.2) is 5.60 Å². The van der Waals surface area contributed by atoms with Crippen LogP contribution < -0.4 is 0 Å². The van der Waals surface area contributed by atoms with Crippen molar-refractivity contribution < 1.29 is 19.4 Å². The zero-order valence-corrected chi connectivity index (χ0v) is 8.50. The van der Waals surface area contributed by atoms with E-state index in [4.69, 9.17) is 14.6 Å². The van der Waals surface area contributed by atoms with Gasteiger partial charge in [-0.3, -0.25) is 0 Å². The molecule has 0 fully saturated rings. The van der Waals surface area contributed by atoms with Crippen LogP contribution >= 0.6 is 0 Å². The summed E-state index contributed by atoms with van der Waals surface area (Å²) < 4.78 is 10.2. The average molecular weight is 190 g/mol. The monoisotopic (exact) mass is 190 g/mol. The Morgan fingerprint density at radius 1 is 1.38 bits per heavy atom. The van der Waals surface area contributed by atoms with Crippen molar-refractivity contribution in [3.8, 4) is 0 Å². The van der Waals surface area contributed by atoms with Crippen LogP contribution in [0.1, 0.15) is 27.2 Å². The number of carbonyl (C=O) groups is 1.